The Morgan fingerprint density at radius 3 is 2.50 bits per heavy atom. The van der Waals surface area contributed by atoms with Crippen LogP contribution in [0.15, 0.2) is 66.9 Å². The van der Waals surface area contributed by atoms with Gasteiger partial charge in [0.25, 0.3) is 0 Å². The van der Waals surface area contributed by atoms with Gasteiger partial charge in [0.05, 0.1) is 6.04 Å². The monoisotopic (exact) mass is 385 g/mol. The summed E-state index contributed by atoms with van der Waals surface area (Å²) in [6.07, 6.45) is 2.07. The van der Waals surface area contributed by atoms with Crippen molar-refractivity contribution in [2.75, 3.05) is 11.9 Å². The molecule has 3 aromatic rings. The summed E-state index contributed by atoms with van der Waals surface area (Å²) >= 11 is 11.6. The molecule has 0 fully saturated rings. The van der Waals surface area contributed by atoms with Gasteiger partial charge in [-0.05, 0) is 66.3 Å². The zero-order chi connectivity index (χ0) is 18.1. The molecule has 0 radical (unpaired) electrons. The third-order valence-corrected chi connectivity index (χ3v) is 5.17. The molecule has 2 heterocycles. The fourth-order valence-corrected chi connectivity index (χ4v) is 3.77. The number of nitrogens with one attached hydrogen (secondary N) is 1. The Labute approximate surface area is 162 Å². The molecular weight excluding hydrogens is 369 g/mol. The van der Waals surface area contributed by atoms with Crippen LogP contribution in [-0.2, 0) is 6.54 Å². The molecule has 4 rings (SSSR count). The van der Waals surface area contributed by atoms with Crippen LogP contribution in [-0.4, -0.2) is 21.1 Å². The van der Waals surface area contributed by atoms with Crippen molar-refractivity contribution in [3.63, 3.8) is 0 Å². The number of benzene rings is 2. The first kappa shape index (κ1) is 17.1. The van der Waals surface area contributed by atoms with Crippen molar-refractivity contribution in [3.8, 4) is 0 Å². The van der Waals surface area contributed by atoms with Crippen LogP contribution in [0.1, 0.15) is 17.3 Å². The first-order chi connectivity index (χ1) is 12.6. The van der Waals surface area contributed by atoms with Crippen molar-refractivity contribution < 1.29 is 4.39 Å². The van der Waals surface area contributed by atoms with Crippen molar-refractivity contribution in [1.82, 2.24) is 9.47 Å². The molecule has 3 nitrogen and oxygen atoms in total. The molecule has 26 heavy (non-hydrogen) atoms. The lowest BCUT2D eigenvalue weighted by atomic mass is 10.0. The second-order valence-electron chi connectivity index (χ2n) is 6.21. The lowest BCUT2D eigenvalue weighted by Gasteiger charge is -2.39. The van der Waals surface area contributed by atoms with E-state index in [2.05, 4.69) is 27.0 Å². The van der Waals surface area contributed by atoms with Crippen LogP contribution in [0.3, 0.4) is 0 Å². The third kappa shape index (κ3) is 3.32. The van der Waals surface area contributed by atoms with E-state index in [0.717, 1.165) is 30.0 Å². The topological polar surface area (TPSA) is 20.2 Å². The van der Waals surface area contributed by atoms with Crippen molar-refractivity contribution in [3.05, 3.63) is 89.0 Å². The number of rotatable bonds is 2. The van der Waals surface area contributed by atoms with Crippen molar-refractivity contribution in [2.24, 2.45) is 0 Å². The fraction of sp³-hybridized carbons (Fsp3) is 0.150. The standard InChI is InChI=1S/C20H17ClFN3S/c21-15-5-9-17(10-6-15)23-20(26)25-13-12-24-11-1-2-18(24)19(25)14-3-7-16(22)8-4-14/h1-11,19H,12-13H2,(H,23,26). The molecule has 0 amide bonds. The largest absolute Gasteiger partial charge is 0.348 e. The molecule has 0 saturated heterocycles. The summed E-state index contributed by atoms with van der Waals surface area (Å²) < 4.78 is 15.6. The molecule has 1 atom stereocenters. The maximum Gasteiger partial charge on any atom is 0.174 e. The number of nitrogens with zero attached hydrogens (tertiary/aromatic N) is 2. The Morgan fingerprint density at radius 2 is 1.77 bits per heavy atom. The summed E-state index contributed by atoms with van der Waals surface area (Å²) in [5, 5.41) is 4.60. The Morgan fingerprint density at radius 1 is 1.04 bits per heavy atom. The summed E-state index contributed by atoms with van der Waals surface area (Å²) in [7, 11) is 0. The molecule has 6 heteroatoms. The minimum atomic E-state index is -0.242. The van der Waals surface area contributed by atoms with Crippen LogP contribution in [0.25, 0.3) is 0 Å². The minimum absolute atomic E-state index is 0.0633. The highest BCUT2D eigenvalue weighted by Gasteiger charge is 2.30. The first-order valence-electron chi connectivity index (χ1n) is 8.35. The first-order valence-corrected chi connectivity index (χ1v) is 9.14. The van der Waals surface area contributed by atoms with Gasteiger partial charge in [-0.2, -0.15) is 0 Å². The number of anilines is 1. The van der Waals surface area contributed by atoms with Crippen LogP contribution in [0.2, 0.25) is 5.02 Å². The van der Waals surface area contributed by atoms with E-state index in [1.807, 2.05) is 42.5 Å². The van der Waals surface area contributed by atoms with E-state index in [1.54, 1.807) is 0 Å². The maximum absolute atomic E-state index is 13.4. The zero-order valence-corrected chi connectivity index (χ0v) is 15.5. The summed E-state index contributed by atoms with van der Waals surface area (Å²) in [5.41, 5.74) is 3.03. The number of halogens is 2. The average molecular weight is 386 g/mol. The van der Waals surface area contributed by atoms with Gasteiger partial charge in [-0.1, -0.05) is 23.7 Å². The van der Waals surface area contributed by atoms with Gasteiger partial charge in [0, 0.05) is 35.7 Å². The molecule has 1 aromatic heterocycles. The molecule has 0 bridgehead atoms. The smallest absolute Gasteiger partial charge is 0.174 e. The molecule has 2 aromatic carbocycles. The SMILES string of the molecule is Fc1ccc(C2c3cccn3CCN2C(=S)Nc2ccc(Cl)cc2)cc1. The Kier molecular flexibility index (Phi) is 4.66. The maximum atomic E-state index is 13.4. The second-order valence-corrected chi connectivity index (χ2v) is 7.03. The lowest BCUT2D eigenvalue weighted by Crippen LogP contribution is -2.44. The van der Waals surface area contributed by atoms with Gasteiger partial charge in [-0.25, -0.2) is 4.39 Å². The van der Waals surface area contributed by atoms with Gasteiger partial charge in [-0.3, -0.25) is 0 Å². The normalized spacial score (nSPS) is 16.2. The van der Waals surface area contributed by atoms with Crippen molar-refractivity contribution >= 4 is 34.6 Å². The molecule has 0 aliphatic carbocycles. The molecule has 1 N–H and O–H groups in total. The molecule has 1 aliphatic heterocycles. The molecular formula is C20H17ClFN3S. The van der Waals surface area contributed by atoms with Gasteiger partial charge >= 0.3 is 0 Å². The van der Waals surface area contributed by atoms with E-state index in [1.165, 1.54) is 12.1 Å². The van der Waals surface area contributed by atoms with E-state index in [0.29, 0.717) is 10.1 Å². The third-order valence-electron chi connectivity index (χ3n) is 4.58. The average Bonchev–Trinajstić information content (AvgIpc) is 3.12. The number of hydrogen-bond acceptors (Lipinski definition) is 1. The van der Waals surface area contributed by atoms with Gasteiger partial charge in [-0.15, -0.1) is 0 Å². The highest BCUT2D eigenvalue weighted by molar-refractivity contribution is 7.80. The van der Waals surface area contributed by atoms with Crippen LogP contribution in [0, 0.1) is 5.82 Å². The Balaban J connectivity index is 1.66. The summed E-state index contributed by atoms with van der Waals surface area (Å²) in [6, 6.07) is 18.1. The second kappa shape index (κ2) is 7.09. The van der Waals surface area contributed by atoms with E-state index in [4.69, 9.17) is 23.8 Å². The highest BCUT2D eigenvalue weighted by atomic mass is 35.5. The zero-order valence-electron chi connectivity index (χ0n) is 13.9. The fourth-order valence-electron chi connectivity index (χ4n) is 3.33. The van der Waals surface area contributed by atoms with Crippen LogP contribution in [0.4, 0.5) is 10.1 Å². The van der Waals surface area contributed by atoms with Crippen LogP contribution < -0.4 is 5.32 Å². The summed E-state index contributed by atoms with van der Waals surface area (Å²) in [4.78, 5) is 2.15. The van der Waals surface area contributed by atoms with E-state index < -0.39 is 0 Å². The Hall–Kier alpha value is -2.37. The number of thiocarbonyl (C=S) groups is 1. The van der Waals surface area contributed by atoms with Gasteiger partial charge in [0.15, 0.2) is 5.11 Å². The summed E-state index contributed by atoms with van der Waals surface area (Å²) in [5.74, 6) is -0.242. The molecule has 1 aliphatic rings. The van der Waals surface area contributed by atoms with E-state index in [-0.39, 0.29) is 11.9 Å². The van der Waals surface area contributed by atoms with Gasteiger partial charge in [0.2, 0.25) is 0 Å². The predicted octanol–water partition coefficient (Wildman–Crippen LogP) is 5.08. The minimum Gasteiger partial charge on any atom is -0.348 e. The van der Waals surface area contributed by atoms with Crippen LogP contribution >= 0.6 is 23.8 Å². The van der Waals surface area contributed by atoms with Crippen molar-refractivity contribution in [1.29, 1.82) is 0 Å². The highest BCUT2D eigenvalue weighted by Crippen LogP contribution is 2.33. The number of hydrogen-bond donors (Lipinski definition) is 1. The lowest BCUT2D eigenvalue weighted by molar-refractivity contribution is 0.293. The van der Waals surface area contributed by atoms with Gasteiger partial charge in [0.1, 0.15) is 5.82 Å². The predicted molar refractivity (Wildman–Crippen MR) is 107 cm³/mol. The van der Waals surface area contributed by atoms with Gasteiger partial charge < -0.3 is 14.8 Å². The van der Waals surface area contributed by atoms with E-state index in [9.17, 15) is 4.39 Å². The molecule has 0 saturated carbocycles. The van der Waals surface area contributed by atoms with Crippen LogP contribution in [0.5, 0.6) is 0 Å². The Bertz CT molecular complexity index is 921. The number of fused-ring (bicyclic) bond motifs is 1. The molecule has 132 valence electrons. The molecule has 1 unspecified atom stereocenters. The quantitative estimate of drug-likeness (QED) is 0.621. The molecule has 0 spiro atoms. The summed E-state index contributed by atoms with van der Waals surface area (Å²) in [6.45, 7) is 1.62. The number of aromatic nitrogens is 1. The van der Waals surface area contributed by atoms with Crippen molar-refractivity contribution in [2.45, 2.75) is 12.6 Å². The van der Waals surface area contributed by atoms with E-state index >= 15 is 0 Å².